The fraction of sp³-hybridized carbons (Fsp3) is 0.333. The quantitative estimate of drug-likeness (QED) is 0.123. The highest BCUT2D eigenvalue weighted by Gasteiger charge is 2.46. The van der Waals surface area contributed by atoms with E-state index < -0.39 is 16.6 Å². The van der Waals surface area contributed by atoms with Gasteiger partial charge in [0.2, 0.25) is 0 Å². The number of esters is 2. The second-order valence-electron chi connectivity index (χ2n) is 15.6. The second kappa shape index (κ2) is 13.7. The van der Waals surface area contributed by atoms with Crippen molar-refractivity contribution in [2.75, 3.05) is 0 Å². The summed E-state index contributed by atoms with van der Waals surface area (Å²) in [6, 6.07) is 30.8. The van der Waals surface area contributed by atoms with E-state index in [1.807, 2.05) is 53.7 Å². The van der Waals surface area contributed by atoms with Crippen LogP contribution in [-0.4, -0.2) is 23.1 Å². The van der Waals surface area contributed by atoms with E-state index in [1.54, 1.807) is 0 Å². The molecule has 4 aromatic rings. The molecule has 1 aliphatic rings. The number of carbonyl (C=O) groups is 2. The molecule has 49 heavy (non-hydrogen) atoms. The Bertz CT molecular complexity index is 1780. The molecule has 4 aromatic carbocycles. The summed E-state index contributed by atoms with van der Waals surface area (Å²) in [4.78, 5) is 25.2. The molecule has 0 atom stereocenters. The van der Waals surface area contributed by atoms with Gasteiger partial charge in [0.1, 0.15) is 11.2 Å². The first-order valence-electron chi connectivity index (χ1n) is 17.3. The molecular formula is C45H50O4. The van der Waals surface area contributed by atoms with Gasteiger partial charge in [-0.2, -0.15) is 0 Å². The van der Waals surface area contributed by atoms with E-state index in [2.05, 4.69) is 113 Å². The highest BCUT2D eigenvalue weighted by Crippen LogP contribution is 2.56. The third-order valence-corrected chi connectivity index (χ3v) is 8.85. The molecule has 0 bridgehead atoms. The van der Waals surface area contributed by atoms with Crippen molar-refractivity contribution in [3.8, 4) is 11.1 Å². The Balaban J connectivity index is 1.74. The summed E-state index contributed by atoms with van der Waals surface area (Å²) in [5, 5.41) is 0. The predicted octanol–water partition coefficient (Wildman–Crippen LogP) is 11.0. The minimum absolute atomic E-state index is 0.203. The second-order valence-corrected chi connectivity index (χ2v) is 15.6. The van der Waals surface area contributed by atoms with Crippen molar-refractivity contribution < 1.29 is 19.1 Å². The van der Waals surface area contributed by atoms with Crippen LogP contribution in [0, 0.1) is 0 Å². The van der Waals surface area contributed by atoms with Crippen LogP contribution >= 0.6 is 0 Å². The van der Waals surface area contributed by atoms with Crippen LogP contribution in [0.25, 0.3) is 23.3 Å². The Kier molecular flexibility index (Phi) is 9.93. The Morgan fingerprint density at radius 1 is 0.571 bits per heavy atom. The van der Waals surface area contributed by atoms with Crippen molar-refractivity contribution in [3.05, 3.63) is 142 Å². The SMILES string of the molecule is CC(C)c1cc(C2(c3ccc(C=CC(=O)OC(C)(C)C)c(C(C)C)c3)c3ccccc3-c3ccccc32)ccc1C=CC(=O)OC(C)(C)C. The molecule has 0 N–H and O–H groups in total. The predicted molar refractivity (Wildman–Crippen MR) is 202 cm³/mol. The Labute approximate surface area is 292 Å². The van der Waals surface area contributed by atoms with Crippen LogP contribution in [0.4, 0.5) is 0 Å². The normalized spacial score (nSPS) is 14.0. The first-order chi connectivity index (χ1) is 23.0. The number of benzene rings is 4. The van der Waals surface area contributed by atoms with Gasteiger partial charge < -0.3 is 9.47 Å². The molecule has 0 amide bonds. The molecule has 4 heteroatoms. The van der Waals surface area contributed by atoms with Crippen LogP contribution < -0.4 is 0 Å². The molecule has 0 saturated carbocycles. The maximum atomic E-state index is 12.6. The van der Waals surface area contributed by atoms with Crippen LogP contribution in [-0.2, 0) is 24.5 Å². The Hall–Kier alpha value is -4.70. The Morgan fingerprint density at radius 3 is 1.29 bits per heavy atom. The molecule has 0 saturated heterocycles. The maximum Gasteiger partial charge on any atom is 0.331 e. The number of hydrogen-bond acceptors (Lipinski definition) is 4. The number of hydrogen-bond donors (Lipinski definition) is 0. The molecule has 5 rings (SSSR count). The van der Waals surface area contributed by atoms with Crippen molar-refractivity contribution in [1.82, 2.24) is 0 Å². The van der Waals surface area contributed by atoms with E-state index in [1.165, 1.54) is 34.4 Å². The highest BCUT2D eigenvalue weighted by atomic mass is 16.6. The van der Waals surface area contributed by atoms with Gasteiger partial charge in [0.15, 0.2) is 0 Å². The molecule has 254 valence electrons. The molecule has 4 nitrogen and oxygen atoms in total. The molecule has 0 radical (unpaired) electrons. The van der Waals surface area contributed by atoms with Crippen LogP contribution in [0.3, 0.4) is 0 Å². The van der Waals surface area contributed by atoms with Crippen LogP contribution in [0.5, 0.6) is 0 Å². The van der Waals surface area contributed by atoms with E-state index in [0.29, 0.717) is 0 Å². The summed E-state index contributed by atoms with van der Waals surface area (Å²) in [5.74, 6) is -0.311. The topological polar surface area (TPSA) is 52.6 Å². The fourth-order valence-electron chi connectivity index (χ4n) is 6.93. The summed E-state index contributed by atoms with van der Waals surface area (Å²) in [6.45, 7) is 20.0. The van der Waals surface area contributed by atoms with Gasteiger partial charge in [-0.05, 0) is 121 Å². The average Bonchev–Trinajstić information content (AvgIpc) is 3.32. The van der Waals surface area contributed by atoms with Gasteiger partial charge in [0.05, 0.1) is 5.41 Å². The van der Waals surface area contributed by atoms with Gasteiger partial charge in [-0.25, -0.2) is 9.59 Å². The minimum atomic E-state index is -0.596. The third-order valence-electron chi connectivity index (χ3n) is 8.85. The average molecular weight is 655 g/mol. The summed E-state index contributed by atoms with van der Waals surface area (Å²) < 4.78 is 11.1. The van der Waals surface area contributed by atoms with Crippen molar-refractivity contribution in [3.63, 3.8) is 0 Å². The van der Waals surface area contributed by atoms with Gasteiger partial charge in [-0.15, -0.1) is 0 Å². The molecule has 0 aromatic heterocycles. The van der Waals surface area contributed by atoms with Gasteiger partial charge in [-0.3, -0.25) is 0 Å². The minimum Gasteiger partial charge on any atom is -0.457 e. The Morgan fingerprint density at radius 2 is 0.939 bits per heavy atom. The van der Waals surface area contributed by atoms with Gasteiger partial charge >= 0.3 is 11.9 Å². The fourth-order valence-corrected chi connectivity index (χ4v) is 6.93. The summed E-state index contributed by atoms with van der Waals surface area (Å²) in [7, 11) is 0. The number of fused-ring (bicyclic) bond motifs is 3. The zero-order chi connectivity index (χ0) is 35.7. The monoisotopic (exact) mass is 654 g/mol. The third kappa shape index (κ3) is 7.49. The number of rotatable bonds is 8. The number of ether oxygens (including phenoxy) is 2. The lowest BCUT2D eigenvalue weighted by Gasteiger charge is -2.35. The summed E-state index contributed by atoms with van der Waals surface area (Å²) in [6.07, 6.45) is 6.80. The molecule has 0 fully saturated rings. The van der Waals surface area contributed by atoms with Gasteiger partial charge in [0.25, 0.3) is 0 Å². The van der Waals surface area contributed by atoms with Crippen LogP contribution in [0.1, 0.15) is 126 Å². The summed E-state index contributed by atoms with van der Waals surface area (Å²) >= 11 is 0. The standard InChI is InChI=1S/C45H50O4/c1-29(2)37-27-33(23-19-31(37)21-25-41(46)48-43(5,6)7)45(39-17-13-11-15-35(39)36-16-12-14-18-40(36)45)34-24-20-32(38(28-34)30(3)4)22-26-42(47)49-44(8,9)10/h11-30H,1-10H3. The van der Waals surface area contributed by atoms with Gasteiger partial charge in [0, 0.05) is 12.2 Å². The number of carbonyl (C=O) groups excluding carboxylic acids is 2. The van der Waals surface area contributed by atoms with Crippen LogP contribution in [0.2, 0.25) is 0 Å². The molecule has 0 unspecified atom stereocenters. The molecule has 0 heterocycles. The maximum absolute atomic E-state index is 12.6. The first-order valence-corrected chi connectivity index (χ1v) is 17.3. The van der Waals surface area contributed by atoms with E-state index in [4.69, 9.17) is 9.47 Å². The van der Waals surface area contributed by atoms with E-state index in [9.17, 15) is 9.59 Å². The van der Waals surface area contributed by atoms with Crippen LogP contribution in [0.15, 0.2) is 97.1 Å². The van der Waals surface area contributed by atoms with E-state index >= 15 is 0 Å². The van der Waals surface area contributed by atoms with Crippen molar-refractivity contribution >= 4 is 24.1 Å². The van der Waals surface area contributed by atoms with Gasteiger partial charge in [-0.1, -0.05) is 113 Å². The zero-order valence-corrected chi connectivity index (χ0v) is 30.7. The van der Waals surface area contributed by atoms with E-state index in [-0.39, 0.29) is 23.8 Å². The van der Waals surface area contributed by atoms with Crippen molar-refractivity contribution in [1.29, 1.82) is 0 Å². The van der Waals surface area contributed by atoms with Crippen molar-refractivity contribution in [2.24, 2.45) is 0 Å². The highest BCUT2D eigenvalue weighted by molar-refractivity contribution is 5.90. The molecular weight excluding hydrogens is 604 g/mol. The molecule has 0 aliphatic heterocycles. The lowest BCUT2D eigenvalue weighted by molar-refractivity contribution is -0.149. The lowest BCUT2D eigenvalue weighted by Crippen LogP contribution is -2.29. The first kappa shape index (κ1) is 35.6. The summed E-state index contributed by atoms with van der Waals surface area (Å²) in [5.41, 5.74) is 9.80. The van der Waals surface area contributed by atoms with Crippen molar-refractivity contribution in [2.45, 2.75) is 97.7 Å². The largest absolute Gasteiger partial charge is 0.457 e. The lowest BCUT2D eigenvalue weighted by atomic mass is 9.66. The molecule has 0 spiro atoms. The molecule has 1 aliphatic carbocycles. The zero-order valence-electron chi connectivity index (χ0n) is 30.7. The van der Waals surface area contributed by atoms with E-state index in [0.717, 1.165) is 33.4 Å². The smallest absolute Gasteiger partial charge is 0.331 e.